The number of carbonyl (C=O) groups is 1. The smallest absolute Gasteiger partial charge is 0.256 e. The molecule has 0 unspecified atom stereocenters. The second kappa shape index (κ2) is 7.60. The third-order valence-electron chi connectivity index (χ3n) is 4.66. The minimum Gasteiger partial charge on any atom is -0.322 e. The van der Waals surface area contributed by atoms with Crippen molar-refractivity contribution in [1.29, 1.82) is 0 Å². The zero-order valence-corrected chi connectivity index (χ0v) is 16.1. The molecule has 0 fully saturated rings. The number of fused-ring (bicyclic) bond motifs is 1. The van der Waals surface area contributed by atoms with E-state index in [1.54, 1.807) is 18.2 Å². The molecule has 0 atom stereocenters. The van der Waals surface area contributed by atoms with Crippen LogP contribution in [0.5, 0.6) is 0 Å². The Labute approximate surface area is 171 Å². The van der Waals surface area contributed by atoms with Gasteiger partial charge in [-0.2, -0.15) is 0 Å². The van der Waals surface area contributed by atoms with Crippen molar-refractivity contribution in [2.75, 3.05) is 5.32 Å². The van der Waals surface area contributed by atoms with Gasteiger partial charge in [-0.05, 0) is 42.8 Å². The molecule has 0 saturated carbocycles. The topological polar surface area (TPSA) is 42.0 Å². The number of carbonyl (C=O) groups excluding carboxylic acids is 1. The van der Waals surface area contributed by atoms with Gasteiger partial charge in [-0.1, -0.05) is 41.9 Å². The normalized spacial score (nSPS) is 10.9. The van der Waals surface area contributed by atoms with Crippen molar-refractivity contribution in [2.24, 2.45) is 0 Å². The van der Waals surface area contributed by atoms with Gasteiger partial charge < -0.3 is 5.32 Å². The monoisotopic (exact) mass is 408 g/mol. The Balaban J connectivity index is 1.85. The molecule has 0 radical (unpaired) electrons. The van der Waals surface area contributed by atoms with Crippen LogP contribution in [-0.4, -0.2) is 10.9 Å². The Kier molecular flexibility index (Phi) is 4.99. The summed E-state index contributed by atoms with van der Waals surface area (Å²) >= 11 is 5.99. The summed E-state index contributed by atoms with van der Waals surface area (Å²) < 4.78 is 26.7. The molecule has 1 N–H and O–H groups in total. The van der Waals surface area contributed by atoms with E-state index >= 15 is 0 Å². The third-order valence-corrected chi connectivity index (χ3v) is 4.91. The highest BCUT2D eigenvalue weighted by Gasteiger charge is 2.19. The number of benzene rings is 3. The van der Waals surface area contributed by atoms with Crippen LogP contribution in [0.15, 0.2) is 66.7 Å². The lowest BCUT2D eigenvalue weighted by Gasteiger charge is -2.15. The summed E-state index contributed by atoms with van der Waals surface area (Å²) in [5, 5.41) is 3.92. The van der Waals surface area contributed by atoms with Crippen LogP contribution < -0.4 is 5.32 Å². The first-order valence-corrected chi connectivity index (χ1v) is 9.23. The minimum atomic E-state index is -1.03. The lowest BCUT2D eigenvalue weighted by molar-refractivity contribution is 0.102. The zero-order valence-electron chi connectivity index (χ0n) is 15.3. The molecule has 0 aliphatic carbocycles. The molecule has 6 heteroatoms. The summed E-state index contributed by atoms with van der Waals surface area (Å²) in [5.41, 5.74) is 3.38. The molecule has 0 spiro atoms. The quantitative estimate of drug-likeness (QED) is 0.426. The summed E-state index contributed by atoms with van der Waals surface area (Å²) in [5.74, 6) is -2.43. The number of pyridine rings is 1. The number of amides is 1. The zero-order chi connectivity index (χ0) is 20.5. The fraction of sp³-hybridized carbons (Fsp3) is 0.0435. The Bertz CT molecular complexity index is 1240. The third kappa shape index (κ3) is 3.69. The van der Waals surface area contributed by atoms with Crippen LogP contribution in [0.3, 0.4) is 0 Å². The molecule has 0 aliphatic rings. The van der Waals surface area contributed by atoms with Crippen molar-refractivity contribution in [3.8, 4) is 11.3 Å². The van der Waals surface area contributed by atoms with Crippen molar-refractivity contribution >= 4 is 34.1 Å². The number of rotatable bonds is 3. The highest BCUT2D eigenvalue weighted by atomic mass is 35.5. The highest BCUT2D eigenvalue weighted by Crippen LogP contribution is 2.31. The Morgan fingerprint density at radius 3 is 2.41 bits per heavy atom. The Morgan fingerprint density at radius 1 is 0.966 bits per heavy atom. The number of halogens is 3. The summed E-state index contributed by atoms with van der Waals surface area (Å²) in [7, 11) is 0. The SMILES string of the molecule is Cc1c(-c2ccc(Cl)cc2)nc2ccccc2c1C(=O)Nc1ccc(F)c(F)c1. The van der Waals surface area contributed by atoms with Gasteiger partial charge in [0, 0.05) is 27.7 Å². The van der Waals surface area contributed by atoms with Crippen LogP contribution in [0, 0.1) is 18.6 Å². The highest BCUT2D eigenvalue weighted by molar-refractivity contribution is 6.30. The largest absolute Gasteiger partial charge is 0.322 e. The van der Waals surface area contributed by atoms with E-state index in [0.717, 1.165) is 17.7 Å². The molecule has 1 heterocycles. The second-order valence-electron chi connectivity index (χ2n) is 6.57. The fourth-order valence-electron chi connectivity index (χ4n) is 3.26. The van der Waals surface area contributed by atoms with Crippen LogP contribution in [0.1, 0.15) is 15.9 Å². The van der Waals surface area contributed by atoms with E-state index in [1.807, 2.05) is 37.3 Å². The van der Waals surface area contributed by atoms with Gasteiger partial charge in [-0.3, -0.25) is 4.79 Å². The van der Waals surface area contributed by atoms with Gasteiger partial charge in [0.15, 0.2) is 11.6 Å². The average Bonchev–Trinajstić information content (AvgIpc) is 2.71. The predicted octanol–water partition coefficient (Wildman–Crippen LogP) is 6.39. The van der Waals surface area contributed by atoms with E-state index in [-0.39, 0.29) is 5.69 Å². The van der Waals surface area contributed by atoms with Crippen molar-refractivity contribution < 1.29 is 13.6 Å². The number of hydrogen-bond donors (Lipinski definition) is 1. The molecule has 0 saturated heterocycles. The molecule has 1 aromatic heterocycles. The molecule has 3 aromatic carbocycles. The van der Waals surface area contributed by atoms with E-state index in [0.29, 0.717) is 32.7 Å². The maximum Gasteiger partial charge on any atom is 0.256 e. The maximum absolute atomic E-state index is 13.5. The lowest BCUT2D eigenvalue weighted by atomic mass is 9.97. The second-order valence-corrected chi connectivity index (χ2v) is 7.00. The van der Waals surface area contributed by atoms with E-state index in [2.05, 4.69) is 5.32 Å². The number of para-hydroxylation sites is 1. The van der Waals surface area contributed by atoms with Gasteiger partial charge in [-0.25, -0.2) is 13.8 Å². The molecular formula is C23H15ClF2N2O. The van der Waals surface area contributed by atoms with Crippen LogP contribution in [0.2, 0.25) is 5.02 Å². The first-order valence-electron chi connectivity index (χ1n) is 8.86. The summed E-state index contributed by atoms with van der Waals surface area (Å²) in [6.45, 7) is 1.81. The van der Waals surface area contributed by atoms with Gasteiger partial charge in [0.25, 0.3) is 5.91 Å². The Hall–Kier alpha value is -3.31. The summed E-state index contributed by atoms with van der Waals surface area (Å²) in [6, 6.07) is 17.7. The molecule has 144 valence electrons. The Morgan fingerprint density at radius 2 is 1.69 bits per heavy atom. The minimum absolute atomic E-state index is 0.169. The van der Waals surface area contributed by atoms with Gasteiger partial charge in [0.1, 0.15) is 0 Å². The molecule has 0 aliphatic heterocycles. The molecule has 4 aromatic rings. The standard InChI is InChI=1S/C23H15ClF2N2O/c1-13-21(23(29)27-16-10-11-18(25)19(26)12-16)17-4-2-3-5-20(17)28-22(13)14-6-8-15(24)9-7-14/h2-12H,1H3,(H,27,29). The molecule has 0 bridgehead atoms. The van der Waals surface area contributed by atoms with Crippen LogP contribution in [0.25, 0.3) is 22.2 Å². The van der Waals surface area contributed by atoms with Gasteiger partial charge in [0.05, 0.1) is 16.8 Å². The first-order chi connectivity index (χ1) is 13.9. The molecule has 1 amide bonds. The number of nitrogens with zero attached hydrogens (tertiary/aromatic N) is 1. The molecular weight excluding hydrogens is 394 g/mol. The lowest BCUT2D eigenvalue weighted by Crippen LogP contribution is -2.15. The van der Waals surface area contributed by atoms with Crippen molar-refractivity contribution in [2.45, 2.75) is 6.92 Å². The number of aromatic nitrogens is 1. The first kappa shape index (κ1) is 19.0. The summed E-state index contributed by atoms with van der Waals surface area (Å²) in [6.07, 6.45) is 0. The number of anilines is 1. The number of hydrogen-bond acceptors (Lipinski definition) is 2. The fourth-order valence-corrected chi connectivity index (χ4v) is 3.38. The van der Waals surface area contributed by atoms with Crippen molar-refractivity contribution in [1.82, 2.24) is 4.98 Å². The average molecular weight is 409 g/mol. The van der Waals surface area contributed by atoms with Crippen molar-refractivity contribution in [3.63, 3.8) is 0 Å². The number of nitrogens with one attached hydrogen (secondary N) is 1. The van der Waals surface area contributed by atoms with Gasteiger partial charge >= 0.3 is 0 Å². The van der Waals surface area contributed by atoms with Crippen LogP contribution in [-0.2, 0) is 0 Å². The van der Waals surface area contributed by atoms with E-state index in [1.165, 1.54) is 6.07 Å². The molecule has 3 nitrogen and oxygen atoms in total. The van der Waals surface area contributed by atoms with Gasteiger partial charge in [0.2, 0.25) is 0 Å². The van der Waals surface area contributed by atoms with Gasteiger partial charge in [-0.15, -0.1) is 0 Å². The molecule has 4 rings (SSSR count). The van der Waals surface area contributed by atoms with Crippen LogP contribution >= 0.6 is 11.6 Å². The predicted molar refractivity (Wildman–Crippen MR) is 111 cm³/mol. The van der Waals surface area contributed by atoms with Crippen molar-refractivity contribution in [3.05, 3.63) is 94.5 Å². The van der Waals surface area contributed by atoms with E-state index < -0.39 is 17.5 Å². The molecule has 29 heavy (non-hydrogen) atoms. The van der Waals surface area contributed by atoms with E-state index in [9.17, 15) is 13.6 Å². The van der Waals surface area contributed by atoms with Crippen LogP contribution in [0.4, 0.5) is 14.5 Å². The maximum atomic E-state index is 13.5. The van der Waals surface area contributed by atoms with E-state index in [4.69, 9.17) is 16.6 Å². The summed E-state index contributed by atoms with van der Waals surface area (Å²) in [4.78, 5) is 17.8.